The molecule has 2 N–H and O–H groups in total. The van der Waals surface area contributed by atoms with Crippen LogP contribution in [0.5, 0.6) is 0 Å². The Hall–Kier alpha value is -2.77. The van der Waals surface area contributed by atoms with E-state index in [0.29, 0.717) is 27.8 Å². The maximum Gasteiger partial charge on any atom is 0.266 e. The fourth-order valence-electron chi connectivity index (χ4n) is 3.68. The lowest BCUT2D eigenvalue weighted by Gasteiger charge is -2.23. The van der Waals surface area contributed by atoms with E-state index < -0.39 is 0 Å². The van der Waals surface area contributed by atoms with Crippen LogP contribution < -0.4 is 10.9 Å². The average Bonchev–Trinajstić information content (AvgIpc) is 2.71. The number of hydrogen-bond acceptors (Lipinski definition) is 4. The van der Waals surface area contributed by atoms with Crippen LogP contribution in [0.4, 0.5) is 0 Å². The number of aromatic amines is 1. The molecule has 1 atom stereocenters. The van der Waals surface area contributed by atoms with Gasteiger partial charge in [0, 0.05) is 12.2 Å². The van der Waals surface area contributed by atoms with Crippen molar-refractivity contribution in [2.24, 2.45) is 0 Å². The van der Waals surface area contributed by atoms with Crippen molar-refractivity contribution < 1.29 is 9.53 Å². The number of hydrogen-bond donors (Lipinski definition) is 2. The van der Waals surface area contributed by atoms with Crippen molar-refractivity contribution in [3.63, 3.8) is 0 Å². The van der Waals surface area contributed by atoms with Gasteiger partial charge in [-0.25, -0.2) is 0 Å². The second-order valence-corrected chi connectivity index (χ2v) is 7.82. The van der Waals surface area contributed by atoms with E-state index in [1.165, 1.54) is 4.57 Å². The molecule has 2 heterocycles. The molecule has 3 aromatic rings. The fourth-order valence-corrected chi connectivity index (χ4v) is 3.97. The summed E-state index contributed by atoms with van der Waals surface area (Å²) < 4.78 is 7.23. The molecule has 1 amide bonds. The Kier molecular flexibility index (Phi) is 5.34. The Balaban J connectivity index is 1.74. The van der Waals surface area contributed by atoms with Crippen LogP contribution in [0.3, 0.4) is 0 Å². The molecule has 150 valence electrons. The molecule has 2 aromatic carbocycles. The molecule has 1 fully saturated rings. The summed E-state index contributed by atoms with van der Waals surface area (Å²) >= 11 is 5.48. The van der Waals surface area contributed by atoms with Crippen LogP contribution in [-0.2, 0) is 4.74 Å². The molecule has 1 aliphatic heterocycles. The van der Waals surface area contributed by atoms with E-state index in [1.807, 2.05) is 32.0 Å². The Morgan fingerprint density at radius 1 is 1.28 bits per heavy atom. The molecule has 7 heteroatoms. The maximum atomic E-state index is 13.2. The molecule has 0 aliphatic carbocycles. The molecule has 1 unspecified atom stereocenters. The van der Waals surface area contributed by atoms with Gasteiger partial charge >= 0.3 is 0 Å². The van der Waals surface area contributed by atoms with Crippen molar-refractivity contribution >= 4 is 29.0 Å². The van der Waals surface area contributed by atoms with E-state index in [-0.39, 0.29) is 17.5 Å². The first kappa shape index (κ1) is 19.5. The zero-order valence-electron chi connectivity index (χ0n) is 16.5. The van der Waals surface area contributed by atoms with E-state index in [4.69, 9.17) is 17.0 Å². The summed E-state index contributed by atoms with van der Waals surface area (Å²) in [6.45, 7) is 5.24. The number of fused-ring (bicyclic) bond motifs is 1. The first-order valence-corrected chi connectivity index (χ1v) is 10.1. The third kappa shape index (κ3) is 3.75. The quantitative estimate of drug-likeness (QED) is 0.649. The first-order chi connectivity index (χ1) is 14.0. The molecule has 1 saturated heterocycles. The number of benzene rings is 2. The van der Waals surface area contributed by atoms with Crippen LogP contribution in [0.2, 0.25) is 0 Å². The lowest BCUT2D eigenvalue weighted by atomic mass is 10.1. The molecular formula is C22H23N3O3S. The SMILES string of the molecule is Cc1cccc(-n2c(=S)[nH]c3cc(C(=O)NC4CCCOC4)ccc3c2=O)c1C. The number of rotatable bonds is 3. The standard InChI is InChI=1S/C22H23N3O3S/c1-13-5-3-7-19(14(13)2)25-21(27)17-9-8-15(11-18(17)24-22(25)29)20(26)23-16-6-4-10-28-12-16/h3,5,7-9,11,16H,4,6,10,12H2,1-2H3,(H,23,26)(H,24,29). The van der Waals surface area contributed by atoms with Crippen LogP contribution in [-0.4, -0.2) is 34.7 Å². The minimum atomic E-state index is -0.204. The van der Waals surface area contributed by atoms with Crippen molar-refractivity contribution in [3.05, 3.63) is 68.2 Å². The topological polar surface area (TPSA) is 76.1 Å². The monoisotopic (exact) mass is 409 g/mol. The Bertz CT molecular complexity index is 1210. The van der Waals surface area contributed by atoms with Crippen LogP contribution in [0.1, 0.15) is 34.3 Å². The second kappa shape index (κ2) is 7.93. The van der Waals surface area contributed by atoms with Gasteiger partial charge in [-0.15, -0.1) is 0 Å². The zero-order chi connectivity index (χ0) is 20.5. The molecule has 6 nitrogen and oxygen atoms in total. The average molecular weight is 410 g/mol. The van der Waals surface area contributed by atoms with Crippen LogP contribution in [0.25, 0.3) is 16.6 Å². The number of carbonyl (C=O) groups excluding carboxylic acids is 1. The highest BCUT2D eigenvalue weighted by molar-refractivity contribution is 7.71. The Morgan fingerprint density at radius 2 is 2.10 bits per heavy atom. The van der Waals surface area contributed by atoms with E-state index in [9.17, 15) is 9.59 Å². The Labute approximate surface area is 173 Å². The van der Waals surface area contributed by atoms with Gasteiger partial charge in [0.2, 0.25) is 0 Å². The third-order valence-corrected chi connectivity index (χ3v) is 5.76. The number of aryl methyl sites for hydroxylation is 1. The lowest BCUT2D eigenvalue weighted by molar-refractivity contribution is 0.0624. The molecule has 0 bridgehead atoms. The van der Waals surface area contributed by atoms with E-state index >= 15 is 0 Å². The third-order valence-electron chi connectivity index (χ3n) is 5.47. The van der Waals surface area contributed by atoms with Gasteiger partial charge in [0.25, 0.3) is 11.5 Å². The highest BCUT2D eigenvalue weighted by atomic mass is 32.1. The second-order valence-electron chi connectivity index (χ2n) is 7.44. The molecule has 4 rings (SSSR count). The predicted octanol–water partition coefficient (Wildman–Crippen LogP) is 3.57. The van der Waals surface area contributed by atoms with Gasteiger partial charge in [-0.3, -0.25) is 14.2 Å². The van der Waals surface area contributed by atoms with Crippen molar-refractivity contribution in [1.29, 1.82) is 0 Å². The van der Waals surface area contributed by atoms with Crippen molar-refractivity contribution in [1.82, 2.24) is 14.9 Å². The zero-order valence-corrected chi connectivity index (χ0v) is 17.3. The number of H-pyrrole nitrogens is 1. The highest BCUT2D eigenvalue weighted by Crippen LogP contribution is 2.18. The van der Waals surface area contributed by atoms with Crippen molar-refractivity contribution in [3.8, 4) is 5.69 Å². The number of aromatic nitrogens is 2. The smallest absolute Gasteiger partial charge is 0.266 e. The Morgan fingerprint density at radius 3 is 2.86 bits per heavy atom. The van der Waals surface area contributed by atoms with Gasteiger partial charge < -0.3 is 15.0 Å². The van der Waals surface area contributed by atoms with E-state index in [0.717, 1.165) is 36.3 Å². The highest BCUT2D eigenvalue weighted by Gasteiger charge is 2.18. The van der Waals surface area contributed by atoms with Gasteiger partial charge in [-0.2, -0.15) is 0 Å². The first-order valence-electron chi connectivity index (χ1n) is 9.70. The summed E-state index contributed by atoms with van der Waals surface area (Å²) in [4.78, 5) is 28.9. The minimum Gasteiger partial charge on any atom is -0.379 e. The summed E-state index contributed by atoms with van der Waals surface area (Å²) in [6, 6.07) is 10.8. The van der Waals surface area contributed by atoms with Crippen molar-refractivity contribution in [2.45, 2.75) is 32.7 Å². The number of carbonyl (C=O) groups is 1. The molecule has 29 heavy (non-hydrogen) atoms. The summed E-state index contributed by atoms with van der Waals surface area (Å²) in [7, 11) is 0. The van der Waals surface area contributed by atoms with Crippen LogP contribution in [0, 0.1) is 18.6 Å². The minimum absolute atomic E-state index is 0.0164. The molecule has 1 aromatic heterocycles. The predicted molar refractivity (Wildman–Crippen MR) is 116 cm³/mol. The van der Waals surface area contributed by atoms with Crippen LogP contribution in [0.15, 0.2) is 41.2 Å². The number of ether oxygens (including phenoxy) is 1. The molecule has 0 spiro atoms. The van der Waals surface area contributed by atoms with Gasteiger partial charge in [-0.1, -0.05) is 12.1 Å². The molecular weight excluding hydrogens is 386 g/mol. The number of nitrogens with one attached hydrogen (secondary N) is 2. The van der Waals surface area contributed by atoms with Crippen molar-refractivity contribution in [2.75, 3.05) is 13.2 Å². The van der Waals surface area contributed by atoms with Crippen LogP contribution >= 0.6 is 12.2 Å². The largest absolute Gasteiger partial charge is 0.379 e. The summed E-state index contributed by atoms with van der Waals surface area (Å²) in [5, 5.41) is 3.48. The van der Waals surface area contributed by atoms with Gasteiger partial charge in [0.1, 0.15) is 0 Å². The normalized spacial score (nSPS) is 16.7. The number of amides is 1. The van der Waals surface area contributed by atoms with Gasteiger partial charge in [0.05, 0.1) is 29.2 Å². The van der Waals surface area contributed by atoms with Gasteiger partial charge in [0.15, 0.2) is 4.77 Å². The fraction of sp³-hybridized carbons (Fsp3) is 0.318. The maximum absolute atomic E-state index is 13.2. The van der Waals surface area contributed by atoms with Gasteiger partial charge in [-0.05, 0) is 74.3 Å². The molecule has 0 radical (unpaired) electrons. The summed E-state index contributed by atoms with van der Waals surface area (Å²) in [5.74, 6) is -0.180. The number of nitrogens with zero attached hydrogens (tertiary/aromatic N) is 1. The van der Waals surface area contributed by atoms with E-state index in [1.54, 1.807) is 18.2 Å². The lowest BCUT2D eigenvalue weighted by Crippen LogP contribution is -2.40. The van der Waals surface area contributed by atoms with E-state index in [2.05, 4.69) is 10.3 Å². The molecule has 1 aliphatic rings. The summed E-state index contributed by atoms with van der Waals surface area (Å²) in [6.07, 6.45) is 1.84. The molecule has 0 saturated carbocycles. The summed E-state index contributed by atoms with van der Waals surface area (Å²) in [5.41, 5.74) is 3.68.